The molecule has 0 fully saturated rings. The van der Waals surface area contributed by atoms with Gasteiger partial charge in [-0.15, -0.1) is 0 Å². The molecule has 0 saturated carbocycles. The van der Waals surface area contributed by atoms with Crippen molar-refractivity contribution < 1.29 is 0 Å². The van der Waals surface area contributed by atoms with E-state index in [0.29, 0.717) is 0 Å². The third-order valence-electron chi connectivity index (χ3n) is 4.10. The van der Waals surface area contributed by atoms with Gasteiger partial charge in [-0.3, -0.25) is 0 Å². The molecule has 0 saturated heterocycles. The van der Waals surface area contributed by atoms with Crippen LogP contribution in [0.4, 0.5) is 0 Å². The van der Waals surface area contributed by atoms with Crippen LogP contribution in [0.15, 0.2) is 30.3 Å². The van der Waals surface area contributed by atoms with Gasteiger partial charge < -0.3 is 0 Å². The maximum absolute atomic E-state index is 2.31. The first-order valence-corrected chi connectivity index (χ1v) is 8.40. The summed E-state index contributed by atoms with van der Waals surface area (Å²) in [5.74, 6) is 0.996. The van der Waals surface area contributed by atoms with E-state index in [1.165, 1.54) is 69.8 Å². The molecule has 0 aliphatic rings. The number of aryl methyl sites for hydroxylation is 1. The maximum atomic E-state index is 2.31. The Balaban J connectivity index is 2.16. The molecule has 1 rings (SSSR count). The highest BCUT2D eigenvalue weighted by atomic mass is 14.1. The molecule has 19 heavy (non-hydrogen) atoms. The minimum absolute atomic E-state index is 0.996. The van der Waals surface area contributed by atoms with E-state index in [1.807, 2.05) is 0 Å². The fraction of sp³-hybridized carbons (Fsp3) is 0.684. The number of unbranched alkanes of at least 4 members (excludes halogenated alkanes) is 3. The molecule has 0 atom stereocenters. The maximum Gasteiger partial charge on any atom is -0.0279 e. The van der Waals surface area contributed by atoms with E-state index in [0.717, 1.165) is 5.92 Å². The molecule has 0 spiro atoms. The second-order valence-electron chi connectivity index (χ2n) is 5.88. The second kappa shape index (κ2) is 11.1. The van der Waals surface area contributed by atoms with Gasteiger partial charge in [-0.25, -0.2) is 0 Å². The first kappa shape index (κ1) is 16.3. The Bertz CT molecular complexity index is 280. The van der Waals surface area contributed by atoms with Crippen molar-refractivity contribution in [2.24, 2.45) is 5.92 Å². The first-order chi connectivity index (χ1) is 9.36. The molecule has 0 unspecified atom stereocenters. The SMILES string of the molecule is CCCCC(CCCC)CCCCc1ccccc1. The van der Waals surface area contributed by atoms with E-state index >= 15 is 0 Å². The third kappa shape index (κ3) is 8.08. The van der Waals surface area contributed by atoms with Gasteiger partial charge in [0, 0.05) is 0 Å². The van der Waals surface area contributed by atoms with Gasteiger partial charge in [0.1, 0.15) is 0 Å². The van der Waals surface area contributed by atoms with E-state index < -0.39 is 0 Å². The van der Waals surface area contributed by atoms with Gasteiger partial charge in [-0.05, 0) is 24.3 Å². The van der Waals surface area contributed by atoms with Crippen LogP contribution in [-0.4, -0.2) is 0 Å². The lowest BCUT2D eigenvalue weighted by molar-refractivity contribution is 0.380. The Labute approximate surface area is 120 Å². The van der Waals surface area contributed by atoms with E-state index in [1.54, 1.807) is 0 Å². The molecule has 0 heteroatoms. The lowest BCUT2D eigenvalue weighted by atomic mass is 9.90. The van der Waals surface area contributed by atoms with E-state index in [2.05, 4.69) is 44.2 Å². The zero-order valence-corrected chi connectivity index (χ0v) is 13.0. The quantitative estimate of drug-likeness (QED) is 0.404. The van der Waals surface area contributed by atoms with Gasteiger partial charge in [-0.2, -0.15) is 0 Å². The van der Waals surface area contributed by atoms with Crippen LogP contribution in [0.5, 0.6) is 0 Å². The fourth-order valence-corrected chi connectivity index (χ4v) is 2.83. The zero-order chi connectivity index (χ0) is 13.8. The molecule has 0 aliphatic carbocycles. The summed E-state index contributed by atoms with van der Waals surface area (Å²) in [5.41, 5.74) is 1.50. The molecule has 1 aromatic rings. The largest absolute Gasteiger partial charge is 0.0654 e. The van der Waals surface area contributed by atoms with E-state index in [9.17, 15) is 0 Å². The predicted molar refractivity (Wildman–Crippen MR) is 86.5 cm³/mol. The highest BCUT2D eigenvalue weighted by Crippen LogP contribution is 2.22. The average molecular weight is 260 g/mol. The van der Waals surface area contributed by atoms with Crippen molar-refractivity contribution >= 4 is 0 Å². The summed E-state index contributed by atoms with van der Waals surface area (Å²) in [6.07, 6.45) is 14.0. The highest BCUT2D eigenvalue weighted by molar-refractivity contribution is 5.14. The second-order valence-corrected chi connectivity index (χ2v) is 5.88. The molecule has 0 N–H and O–H groups in total. The summed E-state index contributed by atoms with van der Waals surface area (Å²) >= 11 is 0. The molecule has 0 amide bonds. The normalized spacial score (nSPS) is 11.1. The highest BCUT2D eigenvalue weighted by Gasteiger charge is 2.07. The molecule has 0 aromatic heterocycles. The topological polar surface area (TPSA) is 0 Å². The lowest BCUT2D eigenvalue weighted by Gasteiger charge is -2.16. The van der Waals surface area contributed by atoms with Crippen LogP contribution in [0.2, 0.25) is 0 Å². The van der Waals surface area contributed by atoms with Crippen molar-refractivity contribution in [1.82, 2.24) is 0 Å². The van der Waals surface area contributed by atoms with Gasteiger partial charge in [0.25, 0.3) is 0 Å². The van der Waals surface area contributed by atoms with Gasteiger partial charge in [0.05, 0.1) is 0 Å². The average Bonchev–Trinajstić information content (AvgIpc) is 2.46. The number of hydrogen-bond acceptors (Lipinski definition) is 0. The van der Waals surface area contributed by atoms with Crippen LogP contribution >= 0.6 is 0 Å². The Morgan fingerprint density at radius 1 is 0.737 bits per heavy atom. The van der Waals surface area contributed by atoms with Gasteiger partial charge in [0.15, 0.2) is 0 Å². The summed E-state index contributed by atoms with van der Waals surface area (Å²) in [6.45, 7) is 4.62. The predicted octanol–water partition coefficient (Wildman–Crippen LogP) is 6.40. The molecule has 0 aliphatic heterocycles. The Morgan fingerprint density at radius 3 is 1.89 bits per heavy atom. The molecule has 1 aromatic carbocycles. The van der Waals surface area contributed by atoms with Crippen molar-refractivity contribution in [1.29, 1.82) is 0 Å². The lowest BCUT2D eigenvalue weighted by Crippen LogP contribution is -2.01. The summed E-state index contributed by atoms with van der Waals surface area (Å²) in [4.78, 5) is 0. The van der Waals surface area contributed by atoms with Gasteiger partial charge in [0.2, 0.25) is 0 Å². The summed E-state index contributed by atoms with van der Waals surface area (Å²) < 4.78 is 0. The van der Waals surface area contributed by atoms with Crippen molar-refractivity contribution in [3.63, 3.8) is 0 Å². The Morgan fingerprint density at radius 2 is 1.32 bits per heavy atom. The molecule has 0 nitrogen and oxygen atoms in total. The Kier molecular flexibility index (Phi) is 9.49. The van der Waals surface area contributed by atoms with Crippen LogP contribution in [0.25, 0.3) is 0 Å². The minimum atomic E-state index is 0.996. The third-order valence-corrected chi connectivity index (χ3v) is 4.10. The summed E-state index contributed by atoms with van der Waals surface area (Å²) in [7, 11) is 0. The van der Waals surface area contributed by atoms with Crippen molar-refractivity contribution in [3.8, 4) is 0 Å². The van der Waals surface area contributed by atoms with Crippen molar-refractivity contribution in [2.45, 2.75) is 78.1 Å². The standard InChI is InChI=1S/C19H32/c1-3-5-12-18(13-6-4-2)16-10-11-17-19-14-8-7-9-15-19/h7-9,14-15,18H,3-6,10-13,16-17H2,1-2H3. The molecular weight excluding hydrogens is 228 g/mol. The molecule has 108 valence electrons. The zero-order valence-electron chi connectivity index (χ0n) is 13.0. The number of hydrogen-bond donors (Lipinski definition) is 0. The number of benzene rings is 1. The summed E-state index contributed by atoms with van der Waals surface area (Å²) in [6, 6.07) is 10.9. The fourth-order valence-electron chi connectivity index (χ4n) is 2.83. The van der Waals surface area contributed by atoms with Crippen LogP contribution in [0, 0.1) is 5.92 Å². The van der Waals surface area contributed by atoms with E-state index in [-0.39, 0.29) is 0 Å². The van der Waals surface area contributed by atoms with Crippen LogP contribution in [-0.2, 0) is 6.42 Å². The monoisotopic (exact) mass is 260 g/mol. The van der Waals surface area contributed by atoms with Gasteiger partial charge in [-0.1, -0.05) is 95.5 Å². The van der Waals surface area contributed by atoms with Crippen molar-refractivity contribution in [3.05, 3.63) is 35.9 Å². The van der Waals surface area contributed by atoms with Crippen LogP contribution < -0.4 is 0 Å². The molecule has 0 heterocycles. The smallest absolute Gasteiger partial charge is 0.0279 e. The van der Waals surface area contributed by atoms with Gasteiger partial charge >= 0.3 is 0 Å². The molecule has 0 bridgehead atoms. The van der Waals surface area contributed by atoms with Crippen LogP contribution in [0.3, 0.4) is 0 Å². The first-order valence-electron chi connectivity index (χ1n) is 8.40. The summed E-state index contributed by atoms with van der Waals surface area (Å²) in [5, 5.41) is 0. The van der Waals surface area contributed by atoms with Crippen LogP contribution in [0.1, 0.15) is 77.2 Å². The Hall–Kier alpha value is -0.780. The minimum Gasteiger partial charge on any atom is -0.0654 e. The van der Waals surface area contributed by atoms with E-state index in [4.69, 9.17) is 0 Å². The molecular formula is C19H32. The van der Waals surface area contributed by atoms with Crippen molar-refractivity contribution in [2.75, 3.05) is 0 Å². The molecule has 0 radical (unpaired) electrons. The number of rotatable bonds is 11.